The van der Waals surface area contributed by atoms with Gasteiger partial charge < -0.3 is 14.4 Å². The Morgan fingerprint density at radius 3 is 2.42 bits per heavy atom. The molecule has 0 spiro atoms. The van der Waals surface area contributed by atoms with E-state index in [9.17, 15) is 18.0 Å². The molecule has 26 heavy (non-hydrogen) atoms. The lowest BCUT2D eigenvalue weighted by Crippen LogP contribution is -2.47. The van der Waals surface area contributed by atoms with Crippen LogP contribution in [0.3, 0.4) is 0 Å². The summed E-state index contributed by atoms with van der Waals surface area (Å²) in [6, 6.07) is 7.37. The minimum atomic E-state index is -1.86. The normalized spacial score (nSPS) is 22.5. The van der Waals surface area contributed by atoms with E-state index in [1.165, 1.54) is 30.2 Å². The number of benzene rings is 2. The Balaban J connectivity index is 1.92. The van der Waals surface area contributed by atoms with Gasteiger partial charge in [0.1, 0.15) is 5.82 Å². The molecule has 0 unspecified atom stereocenters. The average molecular weight is 363 g/mol. The Morgan fingerprint density at radius 2 is 1.85 bits per heavy atom. The SMILES string of the molecule is CO[C@]1(c2ccc(F)cc2)C(=O)N(CC2COC2)c2ccc(F)c(F)c21. The number of fused-ring (bicyclic) bond motifs is 1. The van der Waals surface area contributed by atoms with Gasteiger partial charge in [0.05, 0.1) is 24.5 Å². The molecule has 0 saturated carbocycles. The van der Waals surface area contributed by atoms with E-state index in [0.29, 0.717) is 19.8 Å². The molecule has 0 N–H and O–H groups in total. The van der Waals surface area contributed by atoms with Crippen LogP contribution in [0.2, 0.25) is 0 Å². The maximum absolute atomic E-state index is 14.8. The van der Waals surface area contributed by atoms with Crippen LogP contribution < -0.4 is 4.90 Å². The zero-order valence-electron chi connectivity index (χ0n) is 14.0. The second kappa shape index (κ2) is 6.10. The predicted molar refractivity (Wildman–Crippen MR) is 87.2 cm³/mol. The monoisotopic (exact) mass is 363 g/mol. The van der Waals surface area contributed by atoms with Crippen LogP contribution in [0.4, 0.5) is 18.9 Å². The first-order chi connectivity index (χ1) is 12.5. The van der Waals surface area contributed by atoms with Gasteiger partial charge in [-0.25, -0.2) is 13.2 Å². The Hall–Kier alpha value is -2.38. The van der Waals surface area contributed by atoms with Crippen LogP contribution >= 0.6 is 0 Å². The molecule has 2 aromatic rings. The van der Waals surface area contributed by atoms with Gasteiger partial charge >= 0.3 is 0 Å². The highest BCUT2D eigenvalue weighted by Gasteiger charge is 2.55. The molecule has 2 aliphatic heterocycles. The fraction of sp³-hybridized carbons (Fsp3) is 0.316. The first kappa shape index (κ1) is 17.1. The third kappa shape index (κ3) is 2.27. The van der Waals surface area contributed by atoms with E-state index in [2.05, 4.69) is 0 Å². The molecular formula is C19H16F3NO3. The molecule has 4 rings (SSSR count). The molecule has 1 amide bonds. The number of hydrogen-bond acceptors (Lipinski definition) is 3. The first-order valence-electron chi connectivity index (χ1n) is 8.18. The van der Waals surface area contributed by atoms with E-state index in [-0.39, 0.29) is 22.7 Å². The van der Waals surface area contributed by atoms with Crippen LogP contribution in [-0.4, -0.2) is 32.8 Å². The zero-order chi connectivity index (χ0) is 18.5. The second-order valence-electron chi connectivity index (χ2n) is 6.47. The van der Waals surface area contributed by atoms with E-state index in [0.717, 1.165) is 18.2 Å². The summed E-state index contributed by atoms with van der Waals surface area (Å²) in [7, 11) is 1.26. The molecule has 0 aromatic heterocycles. The summed E-state index contributed by atoms with van der Waals surface area (Å²) in [5.74, 6) is -3.14. The molecule has 1 fully saturated rings. The van der Waals surface area contributed by atoms with Gasteiger partial charge in [-0.3, -0.25) is 4.79 Å². The number of rotatable bonds is 4. The Bertz CT molecular complexity index is 867. The minimum absolute atomic E-state index is 0.112. The largest absolute Gasteiger partial charge is 0.381 e. The molecule has 4 nitrogen and oxygen atoms in total. The van der Waals surface area contributed by atoms with Crippen molar-refractivity contribution in [3.63, 3.8) is 0 Å². The molecule has 2 aliphatic rings. The average Bonchev–Trinajstić information content (AvgIpc) is 2.84. The number of carbonyl (C=O) groups excluding carboxylic acids is 1. The molecule has 1 atom stereocenters. The quantitative estimate of drug-likeness (QED) is 0.838. The van der Waals surface area contributed by atoms with Crippen molar-refractivity contribution in [2.45, 2.75) is 5.60 Å². The predicted octanol–water partition coefficient (Wildman–Crippen LogP) is 2.99. The highest BCUT2D eigenvalue weighted by atomic mass is 19.2. The number of carbonyl (C=O) groups is 1. The Kier molecular flexibility index (Phi) is 4.00. The lowest BCUT2D eigenvalue weighted by molar-refractivity contribution is -0.136. The number of amides is 1. The van der Waals surface area contributed by atoms with E-state index >= 15 is 0 Å². The molecule has 0 radical (unpaired) electrons. The molecule has 0 aliphatic carbocycles. The van der Waals surface area contributed by atoms with Crippen molar-refractivity contribution in [1.29, 1.82) is 0 Å². The van der Waals surface area contributed by atoms with Crippen molar-refractivity contribution in [3.8, 4) is 0 Å². The van der Waals surface area contributed by atoms with E-state index in [1.54, 1.807) is 0 Å². The maximum Gasteiger partial charge on any atom is 0.268 e. The Morgan fingerprint density at radius 1 is 1.15 bits per heavy atom. The second-order valence-corrected chi connectivity index (χ2v) is 6.47. The van der Waals surface area contributed by atoms with Crippen molar-refractivity contribution in [2.75, 3.05) is 31.8 Å². The molecular weight excluding hydrogens is 347 g/mol. The molecule has 136 valence electrons. The molecule has 2 aromatic carbocycles. The van der Waals surface area contributed by atoms with E-state index in [1.807, 2.05) is 0 Å². The lowest BCUT2D eigenvalue weighted by atomic mass is 9.86. The van der Waals surface area contributed by atoms with Gasteiger partial charge in [0.25, 0.3) is 5.91 Å². The van der Waals surface area contributed by atoms with Crippen LogP contribution in [0, 0.1) is 23.4 Å². The van der Waals surface area contributed by atoms with Gasteiger partial charge in [0.15, 0.2) is 11.6 Å². The minimum Gasteiger partial charge on any atom is -0.381 e. The summed E-state index contributed by atoms with van der Waals surface area (Å²) < 4.78 is 52.8. The summed E-state index contributed by atoms with van der Waals surface area (Å²) in [5.41, 5.74) is -1.55. The van der Waals surface area contributed by atoms with Crippen LogP contribution in [-0.2, 0) is 19.9 Å². The van der Waals surface area contributed by atoms with Crippen molar-refractivity contribution in [3.05, 3.63) is 65.0 Å². The van der Waals surface area contributed by atoms with Gasteiger partial charge in [-0.15, -0.1) is 0 Å². The third-order valence-corrected chi connectivity index (χ3v) is 4.97. The summed E-state index contributed by atoms with van der Waals surface area (Å²) in [5, 5.41) is 0. The van der Waals surface area contributed by atoms with Crippen LogP contribution in [0.25, 0.3) is 0 Å². The van der Waals surface area contributed by atoms with E-state index < -0.39 is 29.0 Å². The summed E-state index contributed by atoms with van der Waals surface area (Å²) in [6.07, 6.45) is 0. The highest BCUT2D eigenvalue weighted by Crippen LogP contribution is 2.48. The zero-order valence-corrected chi connectivity index (χ0v) is 14.0. The van der Waals surface area contributed by atoms with Crippen LogP contribution in [0.1, 0.15) is 11.1 Å². The fourth-order valence-corrected chi connectivity index (χ4v) is 3.60. The number of nitrogens with zero attached hydrogens (tertiary/aromatic N) is 1. The van der Waals surface area contributed by atoms with Gasteiger partial charge in [-0.2, -0.15) is 0 Å². The summed E-state index contributed by atoms with van der Waals surface area (Å²) in [6.45, 7) is 1.31. The standard InChI is InChI=1S/C19H16F3NO3/c1-25-19(12-2-4-13(20)5-3-12)16-15(7-6-14(21)17(16)22)23(18(19)24)8-11-9-26-10-11/h2-7,11H,8-10H2,1H3/t19-/m0/s1. The third-order valence-electron chi connectivity index (χ3n) is 4.97. The van der Waals surface area contributed by atoms with Gasteiger partial charge in [-0.1, -0.05) is 12.1 Å². The summed E-state index contributed by atoms with van der Waals surface area (Å²) in [4.78, 5) is 14.7. The highest BCUT2D eigenvalue weighted by molar-refractivity contribution is 6.09. The van der Waals surface area contributed by atoms with E-state index in [4.69, 9.17) is 9.47 Å². The van der Waals surface area contributed by atoms with Crippen LogP contribution in [0.15, 0.2) is 36.4 Å². The number of ether oxygens (including phenoxy) is 2. The molecule has 7 heteroatoms. The van der Waals surface area contributed by atoms with Crippen molar-refractivity contribution in [1.82, 2.24) is 0 Å². The van der Waals surface area contributed by atoms with Crippen LogP contribution in [0.5, 0.6) is 0 Å². The topological polar surface area (TPSA) is 38.8 Å². The van der Waals surface area contributed by atoms with Crippen molar-refractivity contribution in [2.24, 2.45) is 5.92 Å². The lowest BCUT2D eigenvalue weighted by Gasteiger charge is -2.32. The van der Waals surface area contributed by atoms with Gasteiger partial charge in [-0.05, 0) is 29.8 Å². The van der Waals surface area contributed by atoms with Gasteiger partial charge in [0, 0.05) is 19.6 Å². The smallest absolute Gasteiger partial charge is 0.268 e. The van der Waals surface area contributed by atoms with Crippen molar-refractivity contribution >= 4 is 11.6 Å². The fourth-order valence-electron chi connectivity index (χ4n) is 3.60. The summed E-state index contributed by atoms with van der Waals surface area (Å²) >= 11 is 0. The van der Waals surface area contributed by atoms with Gasteiger partial charge in [0.2, 0.25) is 5.60 Å². The number of hydrogen-bond donors (Lipinski definition) is 0. The molecule has 2 heterocycles. The number of halogens is 3. The molecule has 1 saturated heterocycles. The maximum atomic E-state index is 14.8. The number of anilines is 1. The first-order valence-corrected chi connectivity index (χ1v) is 8.18. The van der Waals surface area contributed by atoms with Crippen molar-refractivity contribution < 1.29 is 27.4 Å². The Labute approximate surface area is 148 Å². The molecule has 0 bridgehead atoms. The number of methoxy groups -OCH3 is 1.